The highest BCUT2D eigenvalue weighted by Crippen LogP contribution is 2.38. The van der Waals surface area contributed by atoms with Crippen LogP contribution in [0, 0.1) is 0 Å². The van der Waals surface area contributed by atoms with Gasteiger partial charge in [0.15, 0.2) is 27.8 Å². The third-order valence-corrected chi connectivity index (χ3v) is 8.59. The van der Waals surface area contributed by atoms with Gasteiger partial charge in [-0.2, -0.15) is 0 Å². The number of nitrogens with zero attached hydrogens (tertiary/aromatic N) is 2. The molecule has 0 radical (unpaired) electrons. The minimum Gasteiger partial charge on any atom is -0.493 e. The highest BCUT2D eigenvalue weighted by molar-refractivity contribution is 9.10. The molecule has 0 saturated carbocycles. The molecule has 11 heteroatoms. The van der Waals surface area contributed by atoms with E-state index in [1.54, 1.807) is 52.3 Å². The van der Waals surface area contributed by atoms with Crippen LogP contribution in [0.5, 0.6) is 23.0 Å². The van der Waals surface area contributed by atoms with Gasteiger partial charge in [0.25, 0.3) is 5.56 Å². The van der Waals surface area contributed by atoms with Gasteiger partial charge in [0, 0.05) is 0 Å². The fraction of sp³-hybridized carbons (Fsp3) is 0.242. The smallest absolute Gasteiger partial charge is 0.338 e. The van der Waals surface area contributed by atoms with E-state index in [9.17, 15) is 9.59 Å². The number of hydrogen-bond donors (Lipinski definition) is 0. The lowest BCUT2D eigenvalue weighted by atomic mass is 9.95. The monoisotopic (exact) mass is 678 g/mol. The average Bonchev–Trinajstić information content (AvgIpc) is 3.33. The molecular formula is C33H31BrN2O7S. The standard InChI is InChI=1S/C33H31BrN2O7S/c1-6-42-32(38)28-19(2)35-33-36(29(28)22-12-13-24(39-3)25(17-22)40-4)31(37)27(44-33)16-21-14-23(34)30(26(15-21)41-5)43-18-20-10-8-7-9-11-20/h7-17,29H,6,18H2,1-5H3/b27-16-/t29-/m0/s1. The third kappa shape index (κ3) is 6.15. The van der Waals surface area contributed by atoms with Gasteiger partial charge in [-0.25, -0.2) is 9.79 Å². The second-order valence-corrected chi connectivity index (χ2v) is 11.6. The lowest BCUT2D eigenvalue weighted by Crippen LogP contribution is -2.40. The zero-order valence-electron chi connectivity index (χ0n) is 24.9. The number of rotatable bonds is 10. The van der Waals surface area contributed by atoms with Crippen LogP contribution in [0.2, 0.25) is 0 Å². The molecule has 0 fully saturated rings. The molecule has 0 saturated heterocycles. The molecule has 0 amide bonds. The van der Waals surface area contributed by atoms with Gasteiger partial charge in [0.05, 0.1) is 54.3 Å². The molecule has 4 aromatic rings. The number of hydrogen-bond acceptors (Lipinski definition) is 9. The maximum Gasteiger partial charge on any atom is 0.338 e. The number of benzene rings is 3. The van der Waals surface area contributed by atoms with Crippen LogP contribution in [-0.2, 0) is 16.1 Å². The summed E-state index contributed by atoms with van der Waals surface area (Å²) in [5.74, 6) is 1.52. The maximum atomic E-state index is 14.1. The van der Waals surface area contributed by atoms with Crippen molar-refractivity contribution >= 4 is 39.3 Å². The average molecular weight is 680 g/mol. The van der Waals surface area contributed by atoms with E-state index in [4.69, 9.17) is 23.7 Å². The molecule has 1 aliphatic heterocycles. The van der Waals surface area contributed by atoms with Gasteiger partial charge in [0.1, 0.15) is 6.61 Å². The molecule has 0 unspecified atom stereocenters. The van der Waals surface area contributed by atoms with Crippen LogP contribution in [0.25, 0.3) is 6.08 Å². The van der Waals surface area contributed by atoms with Crippen LogP contribution >= 0.6 is 27.3 Å². The molecule has 0 aliphatic carbocycles. The Morgan fingerprint density at radius 3 is 2.41 bits per heavy atom. The van der Waals surface area contributed by atoms with Gasteiger partial charge in [-0.15, -0.1) is 0 Å². The minimum absolute atomic E-state index is 0.181. The summed E-state index contributed by atoms with van der Waals surface area (Å²) in [7, 11) is 4.65. The van der Waals surface area contributed by atoms with Gasteiger partial charge in [-0.3, -0.25) is 9.36 Å². The van der Waals surface area contributed by atoms with Crippen LogP contribution in [0.4, 0.5) is 0 Å². The van der Waals surface area contributed by atoms with E-state index >= 15 is 0 Å². The van der Waals surface area contributed by atoms with Crippen molar-refractivity contribution in [3.05, 3.63) is 113 Å². The first kappa shape index (κ1) is 31.1. The second-order valence-electron chi connectivity index (χ2n) is 9.73. The first-order chi connectivity index (χ1) is 21.3. The summed E-state index contributed by atoms with van der Waals surface area (Å²) in [6.07, 6.45) is 1.77. The molecule has 9 nitrogen and oxygen atoms in total. The summed E-state index contributed by atoms with van der Waals surface area (Å²) >= 11 is 4.84. The molecule has 1 aliphatic rings. The normalized spacial score (nSPS) is 14.5. The lowest BCUT2D eigenvalue weighted by molar-refractivity contribution is -0.139. The number of allylic oxidation sites excluding steroid dienone is 1. The largest absolute Gasteiger partial charge is 0.493 e. The van der Waals surface area contributed by atoms with Gasteiger partial charge >= 0.3 is 5.97 Å². The Morgan fingerprint density at radius 2 is 1.73 bits per heavy atom. The van der Waals surface area contributed by atoms with E-state index in [1.807, 2.05) is 42.5 Å². The molecular weight excluding hydrogens is 648 g/mol. The topological polar surface area (TPSA) is 97.6 Å². The molecule has 0 spiro atoms. The number of fused-ring (bicyclic) bond motifs is 1. The van der Waals surface area contributed by atoms with Crippen molar-refractivity contribution in [2.75, 3.05) is 27.9 Å². The van der Waals surface area contributed by atoms with Gasteiger partial charge in [-0.05, 0) is 76.8 Å². The van der Waals surface area contributed by atoms with Crippen LogP contribution in [0.1, 0.15) is 36.6 Å². The highest BCUT2D eigenvalue weighted by Gasteiger charge is 2.34. The summed E-state index contributed by atoms with van der Waals surface area (Å²) in [6, 6.07) is 18.0. The van der Waals surface area contributed by atoms with Crippen LogP contribution in [0.3, 0.4) is 0 Å². The van der Waals surface area contributed by atoms with Crippen molar-refractivity contribution < 1.29 is 28.5 Å². The van der Waals surface area contributed by atoms with Crippen molar-refractivity contribution in [2.45, 2.75) is 26.5 Å². The number of halogens is 1. The van der Waals surface area contributed by atoms with E-state index in [0.717, 1.165) is 11.1 Å². The van der Waals surface area contributed by atoms with E-state index in [-0.39, 0.29) is 17.7 Å². The number of methoxy groups -OCH3 is 3. The van der Waals surface area contributed by atoms with Crippen LogP contribution in [0.15, 0.2) is 86.2 Å². The Balaban J connectivity index is 1.61. The van der Waals surface area contributed by atoms with Crippen molar-refractivity contribution in [1.82, 2.24) is 4.57 Å². The van der Waals surface area contributed by atoms with Crippen LogP contribution in [-0.4, -0.2) is 38.5 Å². The maximum absolute atomic E-state index is 14.1. The molecule has 44 heavy (non-hydrogen) atoms. The molecule has 0 bridgehead atoms. The van der Waals surface area contributed by atoms with Gasteiger partial charge in [-0.1, -0.05) is 47.7 Å². The van der Waals surface area contributed by atoms with Crippen molar-refractivity contribution in [1.29, 1.82) is 0 Å². The summed E-state index contributed by atoms with van der Waals surface area (Å²) in [5, 5.41) is 0. The molecule has 1 atom stereocenters. The summed E-state index contributed by atoms with van der Waals surface area (Å²) < 4.78 is 30.7. The first-order valence-electron chi connectivity index (χ1n) is 13.7. The van der Waals surface area contributed by atoms with Gasteiger partial charge in [0.2, 0.25) is 0 Å². The highest BCUT2D eigenvalue weighted by atomic mass is 79.9. The quantitative estimate of drug-likeness (QED) is 0.214. The fourth-order valence-corrected chi connectivity index (χ4v) is 6.59. The summed E-state index contributed by atoms with van der Waals surface area (Å²) in [6.45, 7) is 4.03. The second kappa shape index (κ2) is 13.5. The number of thiazole rings is 1. The van der Waals surface area contributed by atoms with Crippen LogP contribution < -0.4 is 33.8 Å². The Labute approximate surface area is 266 Å². The number of aromatic nitrogens is 1. The lowest BCUT2D eigenvalue weighted by Gasteiger charge is -2.25. The van der Waals surface area contributed by atoms with E-state index in [2.05, 4.69) is 20.9 Å². The Bertz CT molecular complexity index is 1910. The minimum atomic E-state index is -0.790. The van der Waals surface area contributed by atoms with Gasteiger partial charge < -0.3 is 23.7 Å². The zero-order chi connectivity index (χ0) is 31.4. The predicted octanol–water partition coefficient (Wildman–Crippen LogP) is 5.17. The molecule has 2 heterocycles. The molecule has 228 valence electrons. The van der Waals surface area contributed by atoms with Crippen molar-refractivity contribution in [3.63, 3.8) is 0 Å². The number of carbonyl (C=O) groups excluding carboxylic acids is 1. The zero-order valence-corrected chi connectivity index (χ0v) is 27.3. The summed E-state index contributed by atoms with van der Waals surface area (Å²) in [4.78, 5) is 32.4. The molecule has 1 aromatic heterocycles. The predicted molar refractivity (Wildman–Crippen MR) is 171 cm³/mol. The Kier molecular flexibility index (Phi) is 9.55. The van der Waals surface area contributed by atoms with Crippen molar-refractivity contribution in [2.24, 2.45) is 4.99 Å². The Hall–Kier alpha value is -4.35. The molecule has 3 aromatic carbocycles. The van der Waals surface area contributed by atoms with E-state index in [1.165, 1.54) is 23.0 Å². The molecule has 0 N–H and O–H groups in total. The number of esters is 1. The summed E-state index contributed by atoms with van der Waals surface area (Å²) in [5.41, 5.74) is 2.84. The third-order valence-electron chi connectivity index (χ3n) is 7.02. The Morgan fingerprint density at radius 1 is 1.00 bits per heavy atom. The SMILES string of the molecule is CCOC(=O)C1=C(C)N=c2s/c(=C\c3cc(Br)c(OCc4ccccc4)c(OC)c3)c(=O)n2[C@H]1c1ccc(OC)c(OC)c1. The van der Waals surface area contributed by atoms with E-state index < -0.39 is 12.0 Å². The van der Waals surface area contributed by atoms with Crippen molar-refractivity contribution in [3.8, 4) is 23.0 Å². The van der Waals surface area contributed by atoms with E-state index in [0.29, 0.717) is 54.7 Å². The first-order valence-corrected chi connectivity index (χ1v) is 15.4. The number of carbonyl (C=O) groups is 1. The molecule has 5 rings (SSSR count). The fourth-order valence-electron chi connectivity index (χ4n) is 4.97. The number of ether oxygens (including phenoxy) is 5.